The minimum Gasteiger partial charge on any atom is -0.493 e. The van der Waals surface area contributed by atoms with Gasteiger partial charge in [0.15, 0.2) is 0 Å². The number of rotatable bonds is 14. The summed E-state index contributed by atoms with van der Waals surface area (Å²) in [7, 11) is 1.63. The molecule has 2 heterocycles. The Morgan fingerprint density at radius 3 is 2.46 bits per heavy atom. The minimum atomic E-state index is -0.444. The van der Waals surface area contributed by atoms with Crippen molar-refractivity contribution in [2.24, 2.45) is 0 Å². The van der Waals surface area contributed by atoms with Crippen LogP contribution in [0.3, 0.4) is 0 Å². The lowest BCUT2D eigenvalue weighted by Gasteiger charge is -2.37. The summed E-state index contributed by atoms with van der Waals surface area (Å²) in [6.45, 7) is 10.6. The van der Waals surface area contributed by atoms with Gasteiger partial charge in [0, 0.05) is 80.7 Å². The minimum absolute atomic E-state index is 0. The standard InChI is InChI=1S/C35H49ClFN3O5.ClH/c1-5-39(27-11-16-44-17-12-27)34(41)19-25-9-10-32(37)29(18-25)30-22-31(36)26(20-33(30)45-15-7-14-43-4)21-35(42)40(24(2)3)28-8-6-13-38-23-28;/h9-10,18,20,22,24,27-28,38H,5-8,11-17,19,21,23H2,1-4H3;1H/t28-;/m1./s1. The van der Waals surface area contributed by atoms with E-state index in [1.165, 1.54) is 6.07 Å². The number of piperidine rings is 1. The molecule has 0 unspecified atom stereocenters. The lowest BCUT2D eigenvalue weighted by Crippen LogP contribution is -2.52. The third-order valence-corrected chi connectivity index (χ3v) is 9.07. The molecular weight excluding hydrogens is 632 g/mol. The van der Waals surface area contributed by atoms with Crippen LogP contribution in [0.1, 0.15) is 64.0 Å². The van der Waals surface area contributed by atoms with Crippen LogP contribution in [0.5, 0.6) is 5.75 Å². The fraction of sp³-hybridized carbons (Fsp3) is 0.600. The van der Waals surface area contributed by atoms with Gasteiger partial charge >= 0.3 is 0 Å². The number of ether oxygens (including phenoxy) is 3. The van der Waals surface area contributed by atoms with Crippen LogP contribution in [0, 0.1) is 5.82 Å². The summed E-state index contributed by atoms with van der Waals surface area (Å²) in [6.07, 6.45) is 4.52. The zero-order chi connectivity index (χ0) is 32.3. The van der Waals surface area contributed by atoms with Gasteiger partial charge in [0.05, 0.1) is 19.4 Å². The molecule has 2 amide bonds. The molecule has 4 rings (SSSR count). The second-order valence-corrected chi connectivity index (χ2v) is 12.6. The first kappa shape index (κ1) is 38.0. The van der Waals surface area contributed by atoms with Crippen LogP contribution in [0.4, 0.5) is 4.39 Å². The predicted molar refractivity (Wildman–Crippen MR) is 183 cm³/mol. The highest BCUT2D eigenvalue weighted by Crippen LogP contribution is 2.38. The smallest absolute Gasteiger partial charge is 0.227 e. The zero-order valence-electron chi connectivity index (χ0n) is 27.6. The van der Waals surface area contributed by atoms with Crippen molar-refractivity contribution in [3.05, 3.63) is 52.3 Å². The maximum absolute atomic E-state index is 15.5. The van der Waals surface area contributed by atoms with Crippen LogP contribution < -0.4 is 10.1 Å². The summed E-state index contributed by atoms with van der Waals surface area (Å²) in [5, 5.41) is 3.77. The van der Waals surface area contributed by atoms with Gasteiger partial charge in [-0.3, -0.25) is 9.59 Å². The second kappa shape index (κ2) is 18.8. The molecule has 2 aliphatic heterocycles. The number of nitrogens with zero attached hydrogens (tertiary/aromatic N) is 2. The van der Waals surface area contributed by atoms with E-state index in [9.17, 15) is 9.59 Å². The topological polar surface area (TPSA) is 80.3 Å². The highest BCUT2D eigenvalue weighted by atomic mass is 35.5. The number of methoxy groups -OCH3 is 1. The van der Waals surface area contributed by atoms with Crippen LogP contribution in [0.25, 0.3) is 11.1 Å². The van der Waals surface area contributed by atoms with Crippen molar-refractivity contribution in [3.63, 3.8) is 0 Å². The molecule has 0 aliphatic carbocycles. The lowest BCUT2D eigenvalue weighted by atomic mass is 9.97. The number of carbonyl (C=O) groups excluding carboxylic acids is 2. The Bertz CT molecular complexity index is 1290. The van der Waals surface area contributed by atoms with E-state index in [1.54, 1.807) is 31.4 Å². The van der Waals surface area contributed by atoms with Crippen LogP contribution >= 0.6 is 24.0 Å². The summed E-state index contributed by atoms with van der Waals surface area (Å²) < 4.78 is 32.3. The van der Waals surface area contributed by atoms with E-state index >= 15 is 4.39 Å². The molecule has 0 saturated carbocycles. The molecule has 46 heavy (non-hydrogen) atoms. The summed E-state index contributed by atoms with van der Waals surface area (Å²) in [4.78, 5) is 30.9. The van der Waals surface area contributed by atoms with Crippen molar-refractivity contribution >= 4 is 35.8 Å². The highest BCUT2D eigenvalue weighted by molar-refractivity contribution is 6.32. The first-order chi connectivity index (χ1) is 21.7. The fourth-order valence-corrected chi connectivity index (χ4v) is 6.72. The van der Waals surface area contributed by atoms with E-state index in [2.05, 4.69) is 5.32 Å². The van der Waals surface area contributed by atoms with Gasteiger partial charge in [-0.15, -0.1) is 12.4 Å². The van der Waals surface area contributed by atoms with Gasteiger partial charge in [-0.2, -0.15) is 0 Å². The largest absolute Gasteiger partial charge is 0.493 e. The Balaban J connectivity index is 0.00000576. The number of carbonyl (C=O) groups is 2. The number of amides is 2. The monoisotopic (exact) mass is 681 g/mol. The Morgan fingerprint density at radius 2 is 1.80 bits per heavy atom. The number of likely N-dealkylation sites (N-methyl/N-ethyl adjacent to an activating group) is 1. The molecule has 8 nitrogen and oxygen atoms in total. The molecule has 1 atom stereocenters. The van der Waals surface area contributed by atoms with E-state index in [0.717, 1.165) is 38.8 Å². The average molecular weight is 683 g/mol. The van der Waals surface area contributed by atoms with Crippen LogP contribution in [-0.2, 0) is 31.9 Å². The third-order valence-electron chi connectivity index (χ3n) is 8.72. The number of halogens is 3. The Kier molecular flexibility index (Phi) is 15.5. The molecule has 2 saturated heterocycles. The molecule has 1 N–H and O–H groups in total. The van der Waals surface area contributed by atoms with E-state index in [0.29, 0.717) is 72.4 Å². The maximum Gasteiger partial charge on any atom is 0.227 e. The van der Waals surface area contributed by atoms with Crippen molar-refractivity contribution < 1.29 is 28.2 Å². The van der Waals surface area contributed by atoms with Crippen LogP contribution in [-0.4, -0.2) is 92.9 Å². The summed E-state index contributed by atoms with van der Waals surface area (Å²) >= 11 is 6.82. The number of hydrogen-bond acceptors (Lipinski definition) is 6. The molecule has 2 aromatic rings. The number of hydrogen-bond donors (Lipinski definition) is 1. The van der Waals surface area contributed by atoms with E-state index in [4.69, 9.17) is 25.8 Å². The molecular formula is C35H50Cl2FN3O5. The van der Waals surface area contributed by atoms with Crippen LogP contribution in [0.15, 0.2) is 30.3 Å². The van der Waals surface area contributed by atoms with Gasteiger partial charge in [0.1, 0.15) is 11.6 Å². The van der Waals surface area contributed by atoms with Crippen molar-refractivity contribution in [2.75, 3.05) is 53.2 Å². The van der Waals surface area contributed by atoms with Crippen molar-refractivity contribution in [3.8, 4) is 16.9 Å². The Labute approximate surface area is 284 Å². The molecule has 2 fully saturated rings. The van der Waals surface area contributed by atoms with Gasteiger partial charge in [-0.1, -0.05) is 17.7 Å². The predicted octanol–water partition coefficient (Wildman–Crippen LogP) is 6.08. The summed E-state index contributed by atoms with van der Waals surface area (Å²) in [5.41, 5.74) is 2.11. The van der Waals surface area contributed by atoms with Crippen molar-refractivity contribution in [2.45, 2.75) is 83.8 Å². The zero-order valence-corrected chi connectivity index (χ0v) is 29.2. The van der Waals surface area contributed by atoms with Gasteiger partial charge in [0.25, 0.3) is 0 Å². The Morgan fingerprint density at radius 1 is 1.04 bits per heavy atom. The SMILES string of the molecule is CCN(C(=O)Cc1ccc(F)c(-c2cc(Cl)c(CC(=O)N(C(C)C)[C@@H]3CCCNC3)cc2OCCCOC)c1)C1CCOCC1.Cl. The number of nitrogens with one attached hydrogen (secondary N) is 1. The van der Waals surface area contributed by atoms with Gasteiger partial charge in [0.2, 0.25) is 11.8 Å². The Hall–Kier alpha value is -2.43. The second-order valence-electron chi connectivity index (χ2n) is 12.2. The molecule has 2 aliphatic rings. The van der Waals surface area contributed by atoms with Gasteiger partial charge in [-0.05, 0) is 88.4 Å². The summed E-state index contributed by atoms with van der Waals surface area (Å²) in [6, 6.07) is 8.52. The maximum atomic E-state index is 15.5. The molecule has 0 radical (unpaired) electrons. The average Bonchev–Trinajstić information content (AvgIpc) is 3.03. The quantitative estimate of drug-likeness (QED) is 0.243. The van der Waals surface area contributed by atoms with E-state index < -0.39 is 5.82 Å². The third kappa shape index (κ3) is 10.0. The molecule has 0 aromatic heterocycles. The van der Waals surface area contributed by atoms with E-state index in [-0.39, 0.29) is 55.2 Å². The molecule has 0 spiro atoms. The van der Waals surface area contributed by atoms with Gasteiger partial charge < -0.3 is 29.3 Å². The lowest BCUT2D eigenvalue weighted by molar-refractivity contribution is -0.135. The summed E-state index contributed by atoms with van der Waals surface area (Å²) in [5.74, 6) is -0.00275. The molecule has 2 aromatic carbocycles. The fourth-order valence-electron chi connectivity index (χ4n) is 6.48. The highest BCUT2D eigenvalue weighted by Gasteiger charge is 2.29. The molecule has 256 valence electrons. The van der Waals surface area contributed by atoms with Crippen molar-refractivity contribution in [1.82, 2.24) is 15.1 Å². The first-order valence-electron chi connectivity index (χ1n) is 16.4. The van der Waals surface area contributed by atoms with Crippen molar-refractivity contribution in [1.29, 1.82) is 0 Å². The van der Waals surface area contributed by atoms with Crippen LogP contribution in [0.2, 0.25) is 5.02 Å². The molecule has 11 heteroatoms. The van der Waals surface area contributed by atoms with Gasteiger partial charge in [-0.25, -0.2) is 4.39 Å². The molecule has 0 bridgehead atoms. The first-order valence-corrected chi connectivity index (χ1v) is 16.7. The normalized spacial score (nSPS) is 17.0. The van der Waals surface area contributed by atoms with E-state index in [1.807, 2.05) is 30.6 Å². The number of benzene rings is 2.